The van der Waals surface area contributed by atoms with Gasteiger partial charge in [-0.1, -0.05) is 0 Å². The quantitative estimate of drug-likeness (QED) is 0.366. The van der Waals surface area contributed by atoms with E-state index in [0.29, 0.717) is 23.7 Å². The highest BCUT2D eigenvalue weighted by Crippen LogP contribution is 2.26. The van der Waals surface area contributed by atoms with Gasteiger partial charge in [-0.3, -0.25) is 10.1 Å². The van der Waals surface area contributed by atoms with E-state index in [4.69, 9.17) is 10.5 Å². The number of rotatable bonds is 6. The molecule has 0 saturated heterocycles. The summed E-state index contributed by atoms with van der Waals surface area (Å²) >= 11 is 0. The van der Waals surface area contributed by atoms with Gasteiger partial charge in [0.05, 0.1) is 29.0 Å². The normalized spacial score (nSPS) is 11.3. The Kier molecular flexibility index (Phi) is 5.37. The lowest BCUT2D eigenvalue weighted by atomic mass is 10.1. The highest BCUT2D eigenvalue weighted by Gasteiger charge is 2.06. The Hall–Kier alpha value is -2.80. The number of nitro benzene ring substituents is 1. The summed E-state index contributed by atoms with van der Waals surface area (Å²) in [6.07, 6.45) is 0.0934. The summed E-state index contributed by atoms with van der Waals surface area (Å²) in [7, 11) is 0. The second kappa shape index (κ2) is 7.46. The van der Waals surface area contributed by atoms with Crippen LogP contribution in [-0.2, 0) is 11.3 Å². The van der Waals surface area contributed by atoms with Crippen LogP contribution in [0.25, 0.3) is 0 Å². The number of hydrogen-bond donors (Lipinski definition) is 1. The predicted molar refractivity (Wildman–Crippen MR) is 88.1 cm³/mol. The van der Waals surface area contributed by atoms with E-state index in [1.54, 1.807) is 30.3 Å². The van der Waals surface area contributed by atoms with Crippen molar-refractivity contribution in [1.82, 2.24) is 0 Å². The molecular formula is C16H18N4O3. The van der Waals surface area contributed by atoms with Crippen molar-refractivity contribution in [3.8, 4) is 0 Å². The number of nitrogens with two attached hydrogens (primary N) is 1. The lowest BCUT2D eigenvalue weighted by molar-refractivity contribution is -0.384. The van der Waals surface area contributed by atoms with Crippen LogP contribution in [0.5, 0.6) is 0 Å². The second-order valence-electron chi connectivity index (χ2n) is 5.22. The number of nitrogen functional groups attached to an aromatic ring is 1. The molecule has 0 atom stereocenters. The maximum Gasteiger partial charge on any atom is 0.269 e. The Morgan fingerprint density at radius 3 is 2.48 bits per heavy atom. The zero-order valence-electron chi connectivity index (χ0n) is 13.0. The topological polar surface area (TPSA) is 103 Å². The Balaban J connectivity index is 2.19. The lowest BCUT2D eigenvalue weighted by Crippen LogP contribution is -2.02. The Labute approximate surface area is 134 Å². The first-order valence-corrected chi connectivity index (χ1v) is 7.12. The second-order valence-corrected chi connectivity index (χ2v) is 5.22. The lowest BCUT2D eigenvalue weighted by Gasteiger charge is -2.10. The van der Waals surface area contributed by atoms with Crippen LogP contribution in [-0.4, -0.2) is 11.0 Å². The smallest absolute Gasteiger partial charge is 0.269 e. The van der Waals surface area contributed by atoms with Crippen molar-refractivity contribution < 1.29 is 9.66 Å². The fourth-order valence-corrected chi connectivity index (χ4v) is 1.83. The Morgan fingerprint density at radius 2 is 1.87 bits per heavy atom. The fourth-order valence-electron chi connectivity index (χ4n) is 1.83. The first kappa shape index (κ1) is 16.6. The van der Waals surface area contributed by atoms with Crippen molar-refractivity contribution in [1.29, 1.82) is 0 Å². The fraction of sp³-hybridized carbons (Fsp3) is 0.250. The van der Waals surface area contributed by atoms with Gasteiger partial charge in [0.2, 0.25) is 0 Å². The molecule has 2 aromatic rings. The molecule has 0 aliphatic carbocycles. The van der Waals surface area contributed by atoms with Crippen LogP contribution in [0.2, 0.25) is 0 Å². The molecule has 2 aromatic carbocycles. The van der Waals surface area contributed by atoms with Gasteiger partial charge in [-0.25, -0.2) is 0 Å². The van der Waals surface area contributed by atoms with Gasteiger partial charge in [0, 0.05) is 23.4 Å². The summed E-state index contributed by atoms with van der Waals surface area (Å²) in [5.74, 6) is 0. The van der Waals surface area contributed by atoms with Crippen molar-refractivity contribution in [2.45, 2.75) is 26.6 Å². The monoisotopic (exact) mass is 314 g/mol. The molecule has 120 valence electrons. The van der Waals surface area contributed by atoms with Crippen LogP contribution in [0.1, 0.15) is 19.4 Å². The number of azo groups is 1. The minimum atomic E-state index is -0.456. The third-order valence-electron chi connectivity index (χ3n) is 3.01. The SMILES string of the molecule is CC(C)OCc1cc(N)ccc1N=Nc1ccc([N+](=O)[O-])cc1. The molecule has 7 nitrogen and oxygen atoms in total. The number of non-ortho nitro benzene ring substituents is 1. The molecule has 23 heavy (non-hydrogen) atoms. The van der Waals surface area contributed by atoms with E-state index in [-0.39, 0.29) is 11.8 Å². The summed E-state index contributed by atoms with van der Waals surface area (Å²) in [5.41, 5.74) is 8.46. The number of nitrogens with zero attached hydrogens (tertiary/aromatic N) is 3. The first-order chi connectivity index (χ1) is 11.0. The number of benzene rings is 2. The molecule has 7 heteroatoms. The van der Waals surface area contributed by atoms with E-state index in [1.807, 2.05) is 13.8 Å². The minimum Gasteiger partial charge on any atom is -0.399 e. The van der Waals surface area contributed by atoms with Crippen molar-refractivity contribution in [3.63, 3.8) is 0 Å². The largest absolute Gasteiger partial charge is 0.399 e. The zero-order valence-corrected chi connectivity index (χ0v) is 13.0. The third kappa shape index (κ3) is 4.86. The summed E-state index contributed by atoms with van der Waals surface area (Å²) in [6, 6.07) is 11.2. The standard InChI is InChI=1S/C16H18N4O3/c1-11(2)23-10-12-9-13(17)3-8-16(12)19-18-14-4-6-15(7-5-14)20(21)22/h3-9,11H,10,17H2,1-2H3. The molecule has 0 fully saturated rings. The van der Waals surface area contributed by atoms with Gasteiger partial charge in [-0.05, 0) is 44.2 Å². The van der Waals surface area contributed by atoms with Gasteiger partial charge in [0.25, 0.3) is 5.69 Å². The molecule has 0 radical (unpaired) electrons. The number of hydrogen-bond acceptors (Lipinski definition) is 6. The number of nitro groups is 1. The first-order valence-electron chi connectivity index (χ1n) is 7.12. The Morgan fingerprint density at radius 1 is 1.17 bits per heavy atom. The molecule has 0 saturated carbocycles. The van der Waals surface area contributed by atoms with E-state index >= 15 is 0 Å². The van der Waals surface area contributed by atoms with Gasteiger partial charge in [0.15, 0.2) is 0 Å². The summed E-state index contributed by atoms with van der Waals surface area (Å²) < 4.78 is 5.59. The van der Waals surface area contributed by atoms with Crippen molar-refractivity contribution in [2.75, 3.05) is 5.73 Å². The van der Waals surface area contributed by atoms with Crippen LogP contribution in [0.15, 0.2) is 52.7 Å². The van der Waals surface area contributed by atoms with Gasteiger partial charge in [0.1, 0.15) is 0 Å². The van der Waals surface area contributed by atoms with Gasteiger partial charge < -0.3 is 10.5 Å². The van der Waals surface area contributed by atoms with E-state index in [9.17, 15) is 10.1 Å². The average molecular weight is 314 g/mol. The Bertz CT molecular complexity index is 712. The molecule has 0 spiro atoms. The van der Waals surface area contributed by atoms with Crippen LogP contribution < -0.4 is 5.73 Å². The maximum atomic E-state index is 10.6. The third-order valence-corrected chi connectivity index (χ3v) is 3.01. The van der Waals surface area contributed by atoms with Gasteiger partial charge >= 0.3 is 0 Å². The van der Waals surface area contributed by atoms with Crippen LogP contribution in [0.4, 0.5) is 22.7 Å². The summed E-state index contributed by atoms with van der Waals surface area (Å²) in [5, 5.41) is 18.9. The number of ether oxygens (including phenoxy) is 1. The summed E-state index contributed by atoms with van der Waals surface area (Å²) in [6.45, 7) is 4.28. The van der Waals surface area contributed by atoms with E-state index < -0.39 is 4.92 Å². The summed E-state index contributed by atoms with van der Waals surface area (Å²) in [4.78, 5) is 10.2. The van der Waals surface area contributed by atoms with Crippen LogP contribution >= 0.6 is 0 Å². The van der Waals surface area contributed by atoms with E-state index in [2.05, 4.69) is 10.2 Å². The molecule has 0 unspecified atom stereocenters. The molecule has 0 aromatic heterocycles. The van der Waals surface area contributed by atoms with E-state index in [0.717, 1.165) is 5.56 Å². The highest BCUT2D eigenvalue weighted by atomic mass is 16.6. The average Bonchev–Trinajstić information content (AvgIpc) is 2.52. The van der Waals surface area contributed by atoms with Crippen LogP contribution in [0.3, 0.4) is 0 Å². The zero-order chi connectivity index (χ0) is 16.8. The van der Waals surface area contributed by atoms with Crippen molar-refractivity contribution >= 4 is 22.7 Å². The minimum absolute atomic E-state index is 0.0162. The maximum absolute atomic E-state index is 10.6. The molecule has 0 aliphatic rings. The van der Waals surface area contributed by atoms with Crippen LogP contribution in [0, 0.1) is 10.1 Å². The number of anilines is 1. The molecule has 0 aliphatic heterocycles. The molecule has 0 bridgehead atoms. The van der Waals surface area contributed by atoms with Gasteiger partial charge in [-0.15, -0.1) is 0 Å². The molecule has 0 heterocycles. The molecule has 2 N–H and O–H groups in total. The molecular weight excluding hydrogens is 296 g/mol. The molecule has 0 amide bonds. The van der Waals surface area contributed by atoms with Gasteiger partial charge in [-0.2, -0.15) is 10.2 Å². The van der Waals surface area contributed by atoms with Crippen molar-refractivity contribution in [2.24, 2.45) is 10.2 Å². The molecule has 2 rings (SSSR count). The van der Waals surface area contributed by atoms with Crippen molar-refractivity contribution in [3.05, 3.63) is 58.1 Å². The predicted octanol–water partition coefficient (Wildman–Crippen LogP) is 4.52. The highest BCUT2D eigenvalue weighted by molar-refractivity contribution is 5.54. The van der Waals surface area contributed by atoms with E-state index in [1.165, 1.54) is 12.1 Å².